The van der Waals surface area contributed by atoms with Crippen molar-refractivity contribution >= 4 is 0 Å². The highest BCUT2D eigenvalue weighted by molar-refractivity contribution is 5.02. The maximum Gasteiger partial charge on any atom is 0.0828 e. The molecule has 0 bridgehead atoms. The smallest absolute Gasteiger partial charge is 0.0828 e. The van der Waals surface area contributed by atoms with Crippen LogP contribution >= 0.6 is 0 Å². The molecule has 0 aromatic heterocycles. The molecule has 3 aliphatic rings. The van der Waals surface area contributed by atoms with Crippen LogP contribution in [0.5, 0.6) is 0 Å². The van der Waals surface area contributed by atoms with Gasteiger partial charge in [-0.15, -0.1) is 0 Å². The molecule has 0 radical (unpaired) electrons. The third-order valence-electron chi connectivity index (χ3n) is 5.39. The lowest BCUT2D eigenvalue weighted by Gasteiger charge is -2.50. The fraction of sp³-hybridized carbons (Fsp3) is 1.00. The summed E-state index contributed by atoms with van der Waals surface area (Å²) in [4.78, 5) is 0. The Bertz CT molecular complexity index is 276. The van der Waals surface area contributed by atoms with Crippen molar-refractivity contribution in [2.75, 3.05) is 13.2 Å². The van der Waals surface area contributed by atoms with Crippen LogP contribution in [0.4, 0.5) is 0 Å². The Kier molecular flexibility index (Phi) is 3.92. The van der Waals surface area contributed by atoms with E-state index in [2.05, 4.69) is 5.32 Å². The number of ether oxygens (including phenoxy) is 1. The number of hydrogen-bond acceptors (Lipinski definition) is 3. The minimum absolute atomic E-state index is 0.333. The highest BCUT2D eigenvalue weighted by Gasteiger charge is 2.47. The first kappa shape index (κ1) is 12.9. The van der Waals surface area contributed by atoms with Gasteiger partial charge in [0.15, 0.2) is 0 Å². The molecule has 3 rings (SSSR count). The topological polar surface area (TPSA) is 41.5 Å². The largest absolute Gasteiger partial charge is 0.388 e. The van der Waals surface area contributed by atoms with Crippen molar-refractivity contribution in [3.8, 4) is 0 Å². The number of fused-ring (bicyclic) bond motifs is 1. The Morgan fingerprint density at radius 2 is 1.72 bits per heavy atom. The second-order valence-corrected chi connectivity index (χ2v) is 6.47. The third kappa shape index (κ3) is 2.45. The molecule has 1 heterocycles. The van der Waals surface area contributed by atoms with Crippen LogP contribution in [0.25, 0.3) is 0 Å². The van der Waals surface area contributed by atoms with E-state index < -0.39 is 5.60 Å². The summed E-state index contributed by atoms with van der Waals surface area (Å²) in [5.74, 6) is 0.553. The average Bonchev–Trinajstić information content (AvgIpc) is 2.41. The normalized spacial score (nSPS) is 42.5. The van der Waals surface area contributed by atoms with Crippen molar-refractivity contribution in [3.63, 3.8) is 0 Å². The van der Waals surface area contributed by atoms with Gasteiger partial charge >= 0.3 is 0 Å². The van der Waals surface area contributed by atoms with E-state index in [1.807, 2.05) is 0 Å². The fourth-order valence-corrected chi connectivity index (χ4v) is 4.30. The van der Waals surface area contributed by atoms with E-state index in [1.165, 1.54) is 32.1 Å². The molecule has 1 saturated heterocycles. The molecule has 3 atom stereocenters. The summed E-state index contributed by atoms with van der Waals surface area (Å²) in [6, 6.07) is 0.896. The van der Waals surface area contributed by atoms with Gasteiger partial charge in [-0.1, -0.05) is 19.3 Å². The number of aliphatic hydroxyl groups is 1. The summed E-state index contributed by atoms with van der Waals surface area (Å²) in [5, 5.41) is 14.9. The van der Waals surface area contributed by atoms with Crippen molar-refractivity contribution in [1.82, 2.24) is 5.32 Å². The SMILES string of the molecule is O[C@]12CCCC[C@@H]1CCC[C@@H]2NC1CCOCC1. The molecule has 1 aliphatic heterocycles. The van der Waals surface area contributed by atoms with E-state index in [4.69, 9.17) is 4.74 Å². The van der Waals surface area contributed by atoms with Gasteiger partial charge in [0.2, 0.25) is 0 Å². The zero-order chi connectivity index (χ0) is 12.4. The zero-order valence-electron chi connectivity index (χ0n) is 11.4. The second-order valence-electron chi connectivity index (χ2n) is 6.47. The van der Waals surface area contributed by atoms with Crippen LogP contribution in [0, 0.1) is 5.92 Å². The van der Waals surface area contributed by atoms with Crippen LogP contribution in [0.15, 0.2) is 0 Å². The Hall–Kier alpha value is -0.120. The van der Waals surface area contributed by atoms with Gasteiger partial charge in [0, 0.05) is 25.3 Å². The Morgan fingerprint density at radius 3 is 2.56 bits per heavy atom. The van der Waals surface area contributed by atoms with Crippen LogP contribution in [0.3, 0.4) is 0 Å². The van der Waals surface area contributed by atoms with Crippen molar-refractivity contribution in [1.29, 1.82) is 0 Å². The van der Waals surface area contributed by atoms with E-state index in [1.54, 1.807) is 0 Å². The first-order valence-corrected chi connectivity index (χ1v) is 7.85. The molecule has 104 valence electrons. The van der Waals surface area contributed by atoms with Gasteiger partial charge in [0.05, 0.1) is 5.60 Å². The van der Waals surface area contributed by atoms with Gasteiger partial charge in [-0.25, -0.2) is 0 Å². The predicted molar refractivity (Wildman–Crippen MR) is 71.5 cm³/mol. The molecule has 2 aliphatic carbocycles. The van der Waals surface area contributed by atoms with Crippen LogP contribution in [-0.2, 0) is 4.74 Å². The van der Waals surface area contributed by atoms with Crippen LogP contribution in [0.2, 0.25) is 0 Å². The third-order valence-corrected chi connectivity index (χ3v) is 5.39. The van der Waals surface area contributed by atoms with E-state index in [-0.39, 0.29) is 0 Å². The highest BCUT2D eigenvalue weighted by atomic mass is 16.5. The molecular formula is C15H27NO2. The van der Waals surface area contributed by atoms with E-state index in [0.717, 1.165) is 38.9 Å². The average molecular weight is 253 g/mol. The first-order valence-electron chi connectivity index (χ1n) is 7.85. The van der Waals surface area contributed by atoms with Gasteiger partial charge in [-0.3, -0.25) is 0 Å². The van der Waals surface area contributed by atoms with Crippen LogP contribution in [0.1, 0.15) is 57.8 Å². The molecular weight excluding hydrogens is 226 g/mol. The first-order chi connectivity index (χ1) is 8.79. The van der Waals surface area contributed by atoms with E-state index >= 15 is 0 Å². The molecule has 3 heteroatoms. The molecule has 0 unspecified atom stereocenters. The summed E-state index contributed by atoms with van der Waals surface area (Å²) >= 11 is 0. The minimum Gasteiger partial charge on any atom is -0.388 e. The molecule has 0 amide bonds. The van der Waals surface area contributed by atoms with Gasteiger partial charge in [-0.05, 0) is 44.4 Å². The molecule has 18 heavy (non-hydrogen) atoms. The second kappa shape index (κ2) is 5.48. The lowest BCUT2D eigenvalue weighted by atomic mass is 9.64. The summed E-state index contributed by atoms with van der Waals surface area (Å²) in [7, 11) is 0. The predicted octanol–water partition coefficient (Wildman–Crippen LogP) is 2.23. The maximum absolute atomic E-state index is 11.1. The fourth-order valence-electron chi connectivity index (χ4n) is 4.30. The van der Waals surface area contributed by atoms with Crippen LogP contribution in [-0.4, -0.2) is 36.0 Å². The lowest BCUT2D eigenvalue weighted by Crippen LogP contribution is -2.61. The number of rotatable bonds is 2. The van der Waals surface area contributed by atoms with Crippen molar-refractivity contribution < 1.29 is 9.84 Å². The van der Waals surface area contributed by atoms with Gasteiger partial charge in [0.25, 0.3) is 0 Å². The van der Waals surface area contributed by atoms with Crippen molar-refractivity contribution in [3.05, 3.63) is 0 Å². The summed E-state index contributed by atoms with van der Waals surface area (Å²) in [5.41, 5.74) is -0.408. The van der Waals surface area contributed by atoms with Crippen molar-refractivity contribution in [2.45, 2.75) is 75.5 Å². The Labute approximate surface area is 110 Å². The van der Waals surface area contributed by atoms with Gasteiger partial charge in [-0.2, -0.15) is 0 Å². The molecule has 0 aromatic carbocycles. The Morgan fingerprint density at radius 1 is 0.944 bits per heavy atom. The minimum atomic E-state index is -0.408. The molecule has 3 fully saturated rings. The molecule has 0 aromatic rings. The molecule has 2 saturated carbocycles. The van der Waals surface area contributed by atoms with E-state index in [9.17, 15) is 5.11 Å². The monoisotopic (exact) mass is 253 g/mol. The van der Waals surface area contributed by atoms with Crippen LogP contribution < -0.4 is 5.32 Å². The summed E-state index contributed by atoms with van der Waals surface area (Å²) in [6.07, 6.45) is 10.7. The van der Waals surface area contributed by atoms with E-state index in [0.29, 0.717) is 18.0 Å². The maximum atomic E-state index is 11.1. The molecule has 2 N–H and O–H groups in total. The summed E-state index contributed by atoms with van der Waals surface area (Å²) < 4.78 is 5.42. The van der Waals surface area contributed by atoms with Crippen molar-refractivity contribution in [2.24, 2.45) is 5.92 Å². The quantitative estimate of drug-likeness (QED) is 0.793. The van der Waals surface area contributed by atoms with Gasteiger partial charge in [0.1, 0.15) is 0 Å². The lowest BCUT2D eigenvalue weighted by molar-refractivity contribution is -0.103. The summed E-state index contributed by atoms with van der Waals surface area (Å²) in [6.45, 7) is 1.76. The standard InChI is InChI=1S/C15H27NO2/c17-15-9-2-1-4-12(15)5-3-6-14(15)16-13-7-10-18-11-8-13/h12-14,16-17H,1-11H2/t12-,14+,15-/m1/s1. The molecule has 3 nitrogen and oxygen atoms in total. The number of hydrogen-bond donors (Lipinski definition) is 2. The molecule has 0 spiro atoms. The Balaban J connectivity index is 1.65. The zero-order valence-corrected chi connectivity index (χ0v) is 11.4. The highest BCUT2D eigenvalue weighted by Crippen LogP contribution is 2.44. The number of nitrogens with one attached hydrogen (secondary N) is 1. The van der Waals surface area contributed by atoms with Gasteiger partial charge < -0.3 is 15.2 Å².